The summed E-state index contributed by atoms with van der Waals surface area (Å²) in [6.45, 7) is 0. The fourth-order valence-electron chi connectivity index (χ4n) is 3.09. The van der Waals surface area contributed by atoms with Crippen molar-refractivity contribution in [3.63, 3.8) is 0 Å². The molecule has 27 heavy (non-hydrogen) atoms. The molecule has 0 radical (unpaired) electrons. The molecule has 2 aromatic heterocycles. The first-order valence-corrected chi connectivity index (χ1v) is 8.55. The SMILES string of the molecule is Oc1cc(-c2nnco2)c(F)cc1-c1ccc(O[C@H]2CCCC[C@H]2F)nn1. The molecule has 1 aliphatic rings. The van der Waals surface area contributed by atoms with Crippen molar-refractivity contribution >= 4 is 0 Å². The number of rotatable bonds is 4. The largest absolute Gasteiger partial charge is 0.507 e. The number of aromatic hydroxyl groups is 1. The van der Waals surface area contributed by atoms with E-state index in [1.807, 2.05) is 0 Å². The highest BCUT2D eigenvalue weighted by molar-refractivity contribution is 5.71. The Morgan fingerprint density at radius 1 is 1.07 bits per heavy atom. The summed E-state index contributed by atoms with van der Waals surface area (Å²) < 4.78 is 38.7. The van der Waals surface area contributed by atoms with Crippen LogP contribution in [0.4, 0.5) is 8.78 Å². The molecule has 0 aliphatic heterocycles. The molecular weight excluding hydrogens is 358 g/mol. The van der Waals surface area contributed by atoms with Gasteiger partial charge in [-0.2, -0.15) is 0 Å². The summed E-state index contributed by atoms with van der Waals surface area (Å²) in [5.74, 6) is -0.728. The van der Waals surface area contributed by atoms with E-state index < -0.39 is 18.1 Å². The van der Waals surface area contributed by atoms with Crippen LogP contribution in [0.3, 0.4) is 0 Å². The first-order valence-electron chi connectivity index (χ1n) is 8.55. The average molecular weight is 374 g/mol. The van der Waals surface area contributed by atoms with Crippen molar-refractivity contribution in [1.82, 2.24) is 20.4 Å². The van der Waals surface area contributed by atoms with Gasteiger partial charge in [-0.3, -0.25) is 0 Å². The molecule has 1 N–H and O–H groups in total. The Kier molecular flexibility index (Phi) is 4.66. The maximum atomic E-state index is 14.4. The van der Waals surface area contributed by atoms with E-state index in [2.05, 4.69) is 20.4 Å². The van der Waals surface area contributed by atoms with Gasteiger partial charge in [0.1, 0.15) is 23.8 Å². The van der Waals surface area contributed by atoms with Crippen molar-refractivity contribution < 1.29 is 23.0 Å². The zero-order chi connectivity index (χ0) is 18.8. The van der Waals surface area contributed by atoms with Gasteiger partial charge in [0.25, 0.3) is 5.89 Å². The molecule has 1 saturated carbocycles. The molecule has 0 saturated heterocycles. The van der Waals surface area contributed by atoms with Crippen molar-refractivity contribution in [2.45, 2.75) is 38.0 Å². The Morgan fingerprint density at radius 3 is 2.63 bits per heavy atom. The molecule has 1 fully saturated rings. The Balaban J connectivity index is 1.56. The zero-order valence-electron chi connectivity index (χ0n) is 14.2. The minimum atomic E-state index is -1.02. The minimum absolute atomic E-state index is 0.0204. The Hall–Kier alpha value is -3.10. The van der Waals surface area contributed by atoms with E-state index in [4.69, 9.17) is 9.15 Å². The van der Waals surface area contributed by atoms with Crippen LogP contribution < -0.4 is 4.74 Å². The summed E-state index contributed by atoms with van der Waals surface area (Å²) in [6.07, 6.45) is 2.41. The summed E-state index contributed by atoms with van der Waals surface area (Å²) in [5, 5.41) is 25.2. The normalized spacial score (nSPS) is 19.8. The minimum Gasteiger partial charge on any atom is -0.507 e. The van der Waals surface area contributed by atoms with Gasteiger partial charge in [-0.1, -0.05) is 6.42 Å². The van der Waals surface area contributed by atoms with Crippen LogP contribution in [0.15, 0.2) is 35.1 Å². The summed E-state index contributed by atoms with van der Waals surface area (Å²) in [7, 11) is 0. The van der Waals surface area contributed by atoms with E-state index in [1.54, 1.807) is 0 Å². The fraction of sp³-hybridized carbons (Fsp3) is 0.333. The molecule has 1 aromatic carbocycles. The third-order valence-corrected chi connectivity index (χ3v) is 4.49. The predicted octanol–water partition coefficient (Wildman–Crippen LogP) is 3.70. The third kappa shape index (κ3) is 3.57. The van der Waals surface area contributed by atoms with Gasteiger partial charge in [-0.05, 0) is 37.5 Å². The lowest BCUT2D eigenvalue weighted by Gasteiger charge is -2.25. The number of benzene rings is 1. The standard InChI is InChI=1S/C18H16F2N4O3/c19-12-3-1-2-4-16(12)27-17-6-5-14(22-23-17)11-7-13(20)10(8-15(11)25)18-24-21-9-26-18/h5-9,12,16,25H,1-4H2/t12-,16+/m1/s1. The number of phenols is 1. The van der Waals surface area contributed by atoms with Crippen LogP contribution in [0.1, 0.15) is 25.7 Å². The van der Waals surface area contributed by atoms with E-state index in [-0.39, 0.29) is 34.3 Å². The van der Waals surface area contributed by atoms with Gasteiger partial charge in [0, 0.05) is 11.6 Å². The number of alkyl halides is 1. The topological polar surface area (TPSA) is 94.2 Å². The predicted molar refractivity (Wildman–Crippen MR) is 90.2 cm³/mol. The summed E-state index contributed by atoms with van der Waals surface area (Å²) >= 11 is 0. The highest BCUT2D eigenvalue weighted by Crippen LogP contribution is 2.34. The quantitative estimate of drug-likeness (QED) is 0.744. The monoisotopic (exact) mass is 374 g/mol. The Labute approximate surface area is 153 Å². The number of hydrogen-bond donors (Lipinski definition) is 1. The first kappa shape index (κ1) is 17.3. The van der Waals surface area contributed by atoms with Gasteiger partial charge in [-0.15, -0.1) is 20.4 Å². The van der Waals surface area contributed by atoms with Crippen molar-refractivity contribution in [2.24, 2.45) is 0 Å². The fourth-order valence-corrected chi connectivity index (χ4v) is 3.09. The van der Waals surface area contributed by atoms with Gasteiger partial charge in [0.2, 0.25) is 12.3 Å². The van der Waals surface area contributed by atoms with Gasteiger partial charge in [0.05, 0.1) is 11.3 Å². The van der Waals surface area contributed by atoms with Crippen molar-refractivity contribution in [3.8, 4) is 34.3 Å². The molecule has 3 aromatic rings. The van der Waals surface area contributed by atoms with Crippen molar-refractivity contribution in [2.75, 3.05) is 0 Å². The van der Waals surface area contributed by atoms with E-state index in [0.717, 1.165) is 25.3 Å². The average Bonchev–Trinajstić information content (AvgIpc) is 3.20. The maximum Gasteiger partial charge on any atom is 0.250 e. The Morgan fingerprint density at radius 2 is 1.93 bits per heavy atom. The van der Waals surface area contributed by atoms with Gasteiger partial charge in [0.15, 0.2) is 0 Å². The van der Waals surface area contributed by atoms with Crippen LogP contribution in [0.2, 0.25) is 0 Å². The number of halogens is 2. The van der Waals surface area contributed by atoms with E-state index in [9.17, 15) is 13.9 Å². The lowest BCUT2D eigenvalue weighted by Crippen LogP contribution is -2.32. The lowest BCUT2D eigenvalue weighted by atomic mass is 9.96. The van der Waals surface area contributed by atoms with Crippen LogP contribution in [-0.4, -0.2) is 37.8 Å². The smallest absolute Gasteiger partial charge is 0.250 e. The number of phenolic OH excluding ortho intramolecular Hbond substituents is 1. The third-order valence-electron chi connectivity index (χ3n) is 4.49. The summed E-state index contributed by atoms with van der Waals surface area (Å²) in [4.78, 5) is 0. The van der Waals surface area contributed by atoms with E-state index in [1.165, 1.54) is 18.2 Å². The summed E-state index contributed by atoms with van der Waals surface area (Å²) in [5.41, 5.74) is 0.375. The van der Waals surface area contributed by atoms with Gasteiger partial charge in [-0.25, -0.2) is 8.78 Å². The molecule has 1 aliphatic carbocycles. The molecular formula is C18H16F2N4O3. The van der Waals surface area contributed by atoms with Crippen LogP contribution in [0.25, 0.3) is 22.7 Å². The summed E-state index contributed by atoms with van der Waals surface area (Å²) in [6, 6.07) is 5.34. The molecule has 9 heteroatoms. The second-order valence-corrected chi connectivity index (χ2v) is 6.31. The molecule has 0 spiro atoms. The van der Waals surface area contributed by atoms with Gasteiger partial charge >= 0.3 is 0 Å². The van der Waals surface area contributed by atoms with Crippen LogP contribution >= 0.6 is 0 Å². The number of hydrogen-bond acceptors (Lipinski definition) is 7. The first-order chi connectivity index (χ1) is 13.1. The van der Waals surface area contributed by atoms with Crippen molar-refractivity contribution in [3.05, 3.63) is 36.5 Å². The molecule has 0 bridgehead atoms. The van der Waals surface area contributed by atoms with Crippen LogP contribution in [0, 0.1) is 5.82 Å². The molecule has 7 nitrogen and oxygen atoms in total. The van der Waals surface area contributed by atoms with E-state index >= 15 is 0 Å². The molecule has 0 amide bonds. The highest BCUT2D eigenvalue weighted by atomic mass is 19.1. The van der Waals surface area contributed by atoms with E-state index in [0.29, 0.717) is 12.8 Å². The molecule has 4 rings (SSSR count). The second-order valence-electron chi connectivity index (χ2n) is 6.31. The highest BCUT2D eigenvalue weighted by Gasteiger charge is 2.27. The van der Waals surface area contributed by atoms with Gasteiger partial charge < -0.3 is 14.3 Å². The second kappa shape index (κ2) is 7.26. The lowest BCUT2D eigenvalue weighted by molar-refractivity contribution is 0.0594. The Bertz CT molecular complexity index is 919. The molecule has 0 unspecified atom stereocenters. The van der Waals surface area contributed by atoms with Crippen LogP contribution in [-0.2, 0) is 0 Å². The number of aromatic nitrogens is 4. The number of ether oxygens (including phenoxy) is 1. The zero-order valence-corrected chi connectivity index (χ0v) is 14.2. The van der Waals surface area contributed by atoms with Crippen molar-refractivity contribution in [1.29, 1.82) is 0 Å². The molecule has 2 heterocycles. The number of nitrogens with zero attached hydrogens (tertiary/aromatic N) is 4. The molecule has 140 valence electrons. The molecule has 2 atom stereocenters. The maximum absolute atomic E-state index is 14.4. The van der Waals surface area contributed by atoms with Crippen LogP contribution in [0.5, 0.6) is 11.6 Å².